The molecule has 4 heteroatoms. The van der Waals surface area contributed by atoms with E-state index in [2.05, 4.69) is 5.32 Å². The van der Waals surface area contributed by atoms with Crippen molar-refractivity contribution in [2.24, 2.45) is 0 Å². The molecule has 0 fully saturated rings. The smallest absolute Gasteiger partial charge is 0.244 e. The quantitative estimate of drug-likeness (QED) is 0.788. The van der Waals surface area contributed by atoms with Crippen LogP contribution in [0.25, 0.3) is 0 Å². The number of thiophene rings is 1. The minimum Gasteiger partial charge on any atom is -0.347 e. The predicted molar refractivity (Wildman–Crippen MR) is 54.8 cm³/mol. The van der Waals surface area contributed by atoms with Crippen LogP contribution in [-0.2, 0) is 4.79 Å². The van der Waals surface area contributed by atoms with Crippen molar-refractivity contribution in [1.82, 2.24) is 10.2 Å². The summed E-state index contributed by atoms with van der Waals surface area (Å²) in [6.45, 7) is 0. The molecule has 0 saturated heterocycles. The number of nitrogens with one attached hydrogen (secondary N) is 1. The zero-order valence-electron chi connectivity index (χ0n) is 8.07. The van der Waals surface area contributed by atoms with Crippen LogP contribution in [-0.4, -0.2) is 32.0 Å². The standard InChI is InChI=1S/C9H14N2OS/c1-10-8(9(12)11(2)3)7-5-4-6-13-7/h4-6,8,10H,1-3H3. The molecule has 13 heavy (non-hydrogen) atoms. The second kappa shape index (κ2) is 4.39. The predicted octanol–water partition coefficient (Wildman–Crippen LogP) is 1.10. The van der Waals surface area contributed by atoms with E-state index in [-0.39, 0.29) is 11.9 Å². The van der Waals surface area contributed by atoms with Gasteiger partial charge in [0, 0.05) is 19.0 Å². The number of hydrogen-bond acceptors (Lipinski definition) is 3. The lowest BCUT2D eigenvalue weighted by Crippen LogP contribution is -2.34. The number of carbonyl (C=O) groups is 1. The van der Waals surface area contributed by atoms with Gasteiger partial charge in [-0.2, -0.15) is 0 Å². The summed E-state index contributed by atoms with van der Waals surface area (Å²) >= 11 is 1.59. The van der Waals surface area contributed by atoms with Crippen molar-refractivity contribution >= 4 is 17.2 Å². The first-order chi connectivity index (χ1) is 6.16. The van der Waals surface area contributed by atoms with E-state index >= 15 is 0 Å². The molecule has 0 aliphatic carbocycles. The molecule has 0 saturated carbocycles. The third-order valence-corrected chi connectivity index (χ3v) is 2.74. The van der Waals surface area contributed by atoms with Gasteiger partial charge in [-0.05, 0) is 18.5 Å². The summed E-state index contributed by atoms with van der Waals surface area (Å²) in [6, 6.07) is 3.72. The van der Waals surface area contributed by atoms with Gasteiger partial charge in [-0.1, -0.05) is 6.07 Å². The highest BCUT2D eigenvalue weighted by molar-refractivity contribution is 7.10. The largest absolute Gasteiger partial charge is 0.347 e. The molecule has 1 unspecified atom stereocenters. The molecule has 1 aromatic heterocycles. The van der Waals surface area contributed by atoms with Gasteiger partial charge >= 0.3 is 0 Å². The van der Waals surface area contributed by atoms with E-state index in [1.54, 1.807) is 37.4 Å². The summed E-state index contributed by atoms with van der Waals surface area (Å²) in [5.74, 6) is 0.0879. The van der Waals surface area contributed by atoms with E-state index in [0.717, 1.165) is 4.88 Å². The summed E-state index contributed by atoms with van der Waals surface area (Å²) in [4.78, 5) is 14.3. The topological polar surface area (TPSA) is 32.3 Å². The maximum Gasteiger partial charge on any atom is 0.244 e. The molecule has 1 N–H and O–H groups in total. The van der Waals surface area contributed by atoms with E-state index in [4.69, 9.17) is 0 Å². The lowest BCUT2D eigenvalue weighted by atomic mass is 10.2. The van der Waals surface area contributed by atoms with Crippen LogP contribution in [0, 0.1) is 0 Å². The van der Waals surface area contributed by atoms with Gasteiger partial charge in [0.15, 0.2) is 0 Å². The van der Waals surface area contributed by atoms with Crippen LogP contribution >= 0.6 is 11.3 Å². The molecule has 1 amide bonds. The maximum atomic E-state index is 11.6. The van der Waals surface area contributed by atoms with Crippen molar-refractivity contribution in [2.75, 3.05) is 21.1 Å². The van der Waals surface area contributed by atoms with Gasteiger partial charge in [0.25, 0.3) is 0 Å². The van der Waals surface area contributed by atoms with Gasteiger partial charge in [0.1, 0.15) is 6.04 Å². The van der Waals surface area contributed by atoms with Gasteiger partial charge in [-0.15, -0.1) is 11.3 Å². The van der Waals surface area contributed by atoms with Gasteiger partial charge < -0.3 is 10.2 Å². The molecule has 0 aromatic carbocycles. The SMILES string of the molecule is CNC(C(=O)N(C)C)c1cccs1. The first-order valence-corrected chi connectivity index (χ1v) is 4.96. The fourth-order valence-corrected chi connectivity index (χ4v) is 1.93. The molecule has 3 nitrogen and oxygen atoms in total. The Balaban J connectivity index is 2.80. The normalized spacial score (nSPS) is 12.5. The number of hydrogen-bond donors (Lipinski definition) is 1. The molecule has 1 heterocycles. The van der Waals surface area contributed by atoms with Crippen molar-refractivity contribution in [2.45, 2.75) is 6.04 Å². The van der Waals surface area contributed by atoms with Gasteiger partial charge in [0.2, 0.25) is 5.91 Å². The lowest BCUT2D eigenvalue weighted by Gasteiger charge is -2.18. The molecule has 0 spiro atoms. The van der Waals surface area contributed by atoms with Crippen molar-refractivity contribution < 1.29 is 4.79 Å². The summed E-state index contributed by atoms with van der Waals surface area (Å²) in [6.07, 6.45) is 0. The Kier molecular flexibility index (Phi) is 3.45. The van der Waals surface area contributed by atoms with Crippen LogP contribution in [0.1, 0.15) is 10.9 Å². The molecule has 0 aliphatic heterocycles. The highest BCUT2D eigenvalue weighted by Gasteiger charge is 2.20. The molecule has 1 atom stereocenters. The minimum absolute atomic E-state index is 0.0879. The minimum atomic E-state index is -0.199. The van der Waals surface area contributed by atoms with Crippen LogP contribution in [0.4, 0.5) is 0 Å². The van der Waals surface area contributed by atoms with Crippen LogP contribution in [0.15, 0.2) is 17.5 Å². The molecule has 1 aromatic rings. The van der Waals surface area contributed by atoms with Crippen molar-refractivity contribution in [1.29, 1.82) is 0 Å². The highest BCUT2D eigenvalue weighted by atomic mass is 32.1. The monoisotopic (exact) mass is 198 g/mol. The lowest BCUT2D eigenvalue weighted by molar-refractivity contribution is -0.130. The van der Waals surface area contributed by atoms with Gasteiger partial charge in [-0.3, -0.25) is 4.79 Å². The Labute approximate surface area is 82.4 Å². The molecular weight excluding hydrogens is 184 g/mol. The summed E-state index contributed by atoms with van der Waals surface area (Å²) < 4.78 is 0. The number of carbonyl (C=O) groups excluding carboxylic acids is 1. The van der Waals surface area contributed by atoms with Crippen molar-refractivity contribution in [3.05, 3.63) is 22.4 Å². The average Bonchev–Trinajstić information content (AvgIpc) is 2.58. The zero-order valence-corrected chi connectivity index (χ0v) is 8.89. The van der Waals surface area contributed by atoms with Gasteiger partial charge in [0.05, 0.1) is 0 Å². The molecule has 72 valence electrons. The Bertz CT molecular complexity index is 269. The second-order valence-electron chi connectivity index (χ2n) is 2.97. The van der Waals surface area contributed by atoms with E-state index in [1.807, 2.05) is 17.5 Å². The summed E-state index contributed by atoms with van der Waals surface area (Å²) in [5.41, 5.74) is 0. The highest BCUT2D eigenvalue weighted by Crippen LogP contribution is 2.19. The van der Waals surface area contributed by atoms with E-state index in [1.165, 1.54) is 0 Å². The Hall–Kier alpha value is -0.870. The molecule has 1 rings (SSSR count). The number of likely N-dealkylation sites (N-methyl/N-ethyl adjacent to an activating group) is 2. The van der Waals surface area contributed by atoms with Crippen LogP contribution < -0.4 is 5.32 Å². The fourth-order valence-electron chi connectivity index (χ4n) is 1.10. The Morgan fingerprint density at radius 2 is 2.31 bits per heavy atom. The molecule has 0 bridgehead atoms. The third-order valence-electron chi connectivity index (χ3n) is 1.80. The maximum absolute atomic E-state index is 11.6. The summed E-state index contributed by atoms with van der Waals surface area (Å²) in [7, 11) is 5.33. The number of amides is 1. The second-order valence-corrected chi connectivity index (χ2v) is 3.95. The fraction of sp³-hybridized carbons (Fsp3) is 0.444. The van der Waals surface area contributed by atoms with E-state index < -0.39 is 0 Å². The molecular formula is C9H14N2OS. The van der Waals surface area contributed by atoms with Crippen LogP contribution in [0.2, 0.25) is 0 Å². The van der Waals surface area contributed by atoms with Crippen molar-refractivity contribution in [3.63, 3.8) is 0 Å². The van der Waals surface area contributed by atoms with Crippen LogP contribution in [0.5, 0.6) is 0 Å². The molecule has 0 radical (unpaired) electrons. The first-order valence-electron chi connectivity index (χ1n) is 4.08. The summed E-state index contributed by atoms with van der Waals surface area (Å²) in [5, 5.41) is 4.98. The first kappa shape index (κ1) is 10.2. The van der Waals surface area contributed by atoms with Crippen molar-refractivity contribution in [3.8, 4) is 0 Å². The van der Waals surface area contributed by atoms with E-state index in [0.29, 0.717) is 0 Å². The Morgan fingerprint density at radius 1 is 1.62 bits per heavy atom. The average molecular weight is 198 g/mol. The number of rotatable bonds is 3. The Morgan fingerprint density at radius 3 is 2.69 bits per heavy atom. The third kappa shape index (κ3) is 2.29. The number of nitrogens with zero attached hydrogens (tertiary/aromatic N) is 1. The van der Waals surface area contributed by atoms with Crippen LogP contribution in [0.3, 0.4) is 0 Å². The zero-order chi connectivity index (χ0) is 9.84. The molecule has 0 aliphatic rings. The van der Waals surface area contributed by atoms with E-state index in [9.17, 15) is 4.79 Å². The van der Waals surface area contributed by atoms with Gasteiger partial charge in [-0.25, -0.2) is 0 Å².